The lowest BCUT2D eigenvalue weighted by Crippen LogP contribution is -2.37. The molecule has 61 valence electrons. The molecule has 0 aliphatic carbocycles. The summed E-state index contributed by atoms with van der Waals surface area (Å²) in [6.07, 6.45) is 13.6. The van der Waals surface area contributed by atoms with Gasteiger partial charge in [-0.15, -0.1) is 5.53 Å². The normalized spacial score (nSPS) is 31.5. The fourth-order valence-corrected chi connectivity index (χ4v) is 1.63. The summed E-state index contributed by atoms with van der Waals surface area (Å²) in [7, 11) is 0. The first-order valence-electron chi connectivity index (χ1n) is 3.99. The van der Waals surface area contributed by atoms with Gasteiger partial charge in [-0.2, -0.15) is 5.01 Å². The molecule has 1 N–H and O–H groups in total. The number of nitrogens with zero attached hydrogens (tertiary/aromatic N) is 3. The number of nitrogens with one attached hydrogen (secondary N) is 1. The quantitative estimate of drug-likeness (QED) is 0.539. The van der Waals surface area contributed by atoms with Gasteiger partial charge in [0.15, 0.2) is 0 Å². The summed E-state index contributed by atoms with van der Waals surface area (Å²) in [6.45, 7) is 0.959. The summed E-state index contributed by atoms with van der Waals surface area (Å²) in [5, 5.41) is 6.13. The van der Waals surface area contributed by atoms with E-state index in [0.29, 0.717) is 0 Å². The van der Waals surface area contributed by atoms with Crippen molar-refractivity contribution < 1.29 is 0 Å². The van der Waals surface area contributed by atoms with E-state index in [4.69, 9.17) is 0 Å². The van der Waals surface area contributed by atoms with Crippen LogP contribution in [0.25, 0.3) is 0 Å². The fourth-order valence-electron chi connectivity index (χ4n) is 1.63. The van der Waals surface area contributed by atoms with Crippen molar-refractivity contribution in [2.75, 3.05) is 6.54 Å². The standard InChI is InChI=1S/C8H9N4/c1-2-5-10-8(4-1)11-6-3-7-12(11)9-10/h1-4,7-9H,6H2. The van der Waals surface area contributed by atoms with Crippen LogP contribution < -0.4 is 5.53 Å². The average Bonchev–Trinajstić information content (AvgIpc) is 2.62. The topological polar surface area (TPSA) is 21.8 Å². The summed E-state index contributed by atoms with van der Waals surface area (Å²) < 4.78 is 0. The lowest BCUT2D eigenvalue weighted by atomic mass is 10.3. The lowest BCUT2D eigenvalue weighted by Gasteiger charge is -2.22. The van der Waals surface area contributed by atoms with Gasteiger partial charge in [-0.25, -0.2) is 5.12 Å². The van der Waals surface area contributed by atoms with Crippen molar-refractivity contribution in [3.8, 4) is 0 Å². The van der Waals surface area contributed by atoms with E-state index in [-0.39, 0.29) is 6.17 Å². The minimum Gasteiger partial charge on any atom is -0.264 e. The zero-order valence-electron chi connectivity index (χ0n) is 6.51. The molecular formula is C8H9N4. The molecule has 4 heteroatoms. The van der Waals surface area contributed by atoms with E-state index in [9.17, 15) is 0 Å². The van der Waals surface area contributed by atoms with E-state index >= 15 is 0 Å². The summed E-state index contributed by atoms with van der Waals surface area (Å²) in [5.74, 6) is 0. The van der Waals surface area contributed by atoms with Gasteiger partial charge in [-0.1, -0.05) is 6.08 Å². The Bertz CT molecular complexity index is 281. The van der Waals surface area contributed by atoms with E-state index in [1.54, 1.807) is 0 Å². The SMILES string of the molecule is [C]1=CC=CC2N1NN1C=CCN21. The van der Waals surface area contributed by atoms with Gasteiger partial charge in [0.1, 0.15) is 6.17 Å². The molecule has 0 aromatic heterocycles. The second-order valence-electron chi connectivity index (χ2n) is 2.92. The van der Waals surface area contributed by atoms with Gasteiger partial charge in [0.05, 0.1) is 6.20 Å². The Kier molecular flexibility index (Phi) is 1.11. The first-order chi connectivity index (χ1) is 5.95. The maximum Gasteiger partial charge on any atom is 0.137 e. The lowest BCUT2D eigenvalue weighted by molar-refractivity contribution is 0.0563. The molecule has 1 atom stereocenters. The number of fused-ring (bicyclic) bond motifs is 3. The molecular weight excluding hydrogens is 152 g/mol. The largest absolute Gasteiger partial charge is 0.264 e. The Balaban J connectivity index is 1.93. The van der Waals surface area contributed by atoms with E-state index in [2.05, 4.69) is 28.9 Å². The third kappa shape index (κ3) is 0.680. The Morgan fingerprint density at radius 2 is 2.50 bits per heavy atom. The zero-order chi connectivity index (χ0) is 7.97. The maximum absolute atomic E-state index is 3.17. The van der Waals surface area contributed by atoms with Crippen LogP contribution in [-0.4, -0.2) is 27.8 Å². The van der Waals surface area contributed by atoms with Gasteiger partial charge >= 0.3 is 0 Å². The Morgan fingerprint density at radius 3 is 3.50 bits per heavy atom. The van der Waals surface area contributed by atoms with Crippen LogP contribution in [0.4, 0.5) is 0 Å². The molecule has 1 saturated heterocycles. The van der Waals surface area contributed by atoms with Crippen LogP contribution in [0.1, 0.15) is 0 Å². The molecule has 3 rings (SSSR count). The first kappa shape index (κ1) is 6.28. The third-order valence-electron chi connectivity index (χ3n) is 2.19. The number of hydrazine groups is 3. The molecule has 3 aliphatic rings. The second kappa shape index (κ2) is 2.12. The van der Waals surface area contributed by atoms with Crippen LogP contribution in [0.2, 0.25) is 0 Å². The number of allylic oxidation sites excluding steroid dienone is 2. The molecule has 0 amide bonds. The predicted octanol–water partition coefficient (Wildman–Crippen LogP) is -0.0193. The van der Waals surface area contributed by atoms with Crippen LogP contribution in [0.3, 0.4) is 0 Å². The van der Waals surface area contributed by atoms with Crippen LogP contribution in [-0.2, 0) is 0 Å². The predicted molar refractivity (Wildman–Crippen MR) is 43.4 cm³/mol. The van der Waals surface area contributed by atoms with Crippen molar-refractivity contribution in [1.82, 2.24) is 20.7 Å². The summed E-state index contributed by atoms with van der Waals surface area (Å²) in [6, 6.07) is 0. The Hall–Kier alpha value is -1.26. The molecule has 0 aromatic rings. The van der Waals surface area contributed by atoms with Crippen LogP contribution >= 0.6 is 0 Å². The van der Waals surface area contributed by atoms with Gasteiger partial charge in [0, 0.05) is 12.7 Å². The van der Waals surface area contributed by atoms with Crippen LogP contribution in [0.5, 0.6) is 0 Å². The van der Waals surface area contributed by atoms with Gasteiger partial charge in [-0.3, -0.25) is 5.01 Å². The highest BCUT2D eigenvalue weighted by Crippen LogP contribution is 2.21. The molecule has 3 aliphatic heterocycles. The molecule has 3 heterocycles. The van der Waals surface area contributed by atoms with Crippen molar-refractivity contribution in [3.05, 3.63) is 36.7 Å². The van der Waals surface area contributed by atoms with E-state index in [0.717, 1.165) is 6.54 Å². The number of rotatable bonds is 0. The highest BCUT2D eigenvalue weighted by Gasteiger charge is 2.35. The van der Waals surface area contributed by atoms with E-state index < -0.39 is 0 Å². The fraction of sp³-hybridized carbons (Fsp3) is 0.250. The van der Waals surface area contributed by atoms with Crippen molar-refractivity contribution in [3.63, 3.8) is 0 Å². The Labute approximate surface area is 70.9 Å². The third-order valence-corrected chi connectivity index (χ3v) is 2.19. The molecule has 1 unspecified atom stereocenters. The minimum atomic E-state index is 0.282. The maximum atomic E-state index is 3.17. The highest BCUT2D eigenvalue weighted by atomic mass is 16.0. The average molecular weight is 161 g/mol. The summed E-state index contributed by atoms with van der Waals surface area (Å²) in [5.41, 5.74) is 3.17. The highest BCUT2D eigenvalue weighted by molar-refractivity contribution is 5.12. The molecule has 12 heavy (non-hydrogen) atoms. The van der Waals surface area contributed by atoms with Crippen LogP contribution in [0.15, 0.2) is 30.5 Å². The number of hydrogen-bond acceptors (Lipinski definition) is 4. The zero-order valence-corrected chi connectivity index (χ0v) is 6.51. The molecule has 0 bridgehead atoms. The molecule has 1 radical (unpaired) electrons. The minimum absolute atomic E-state index is 0.282. The van der Waals surface area contributed by atoms with E-state index in [1.807, 2.05) is 28.5 Å². The summed E-state index contributed by atoms with van der Waals surface area (Å²) in [4.78, 5) is 0. The molecule has 4 nitrogen and oxygen atoms in total. The van der Waals surface area contributed by atoms with Crippen molar-refractivity contribution in [1.29, 1.82) is 0 Å². The van der Waals surface area contributed by atoms with Gasteiger partial charge < -0.3 is 0 Å². The van der Waals surface area contributed by atoms with Crippen molar-refractivity contribution >= 4 is 0 Å². The monoisotopic (exact) mass is 161 g/mol. The first-order valence-corrected chi connectivity index (χ1v) is 3.99. The molecule has 0 spiro atoms. The van der Waals surface area contributed by atoms with Gasteiger partial charge in [-0.05, 0) is 18.2 Å². The second-order valence-corrected chi connectivity index (χ2v) is 2.92. The van der Waals surface area contributed by atoms with Gasteiger partial charge in [0.2, 0.25) is 0 Å². The molecule has 0 aromatic carbocycles. The van der Waals surface area contributed by atoms with E-state index in [1.165, 1.54) is 0 Å². The van der Waals surface area contributed by atoms with Crippen molar-refractivity contribution in [2.24, 2.45) is 0 Å². The van der Waals surface area contributed by atoms with Crippen molar-refractivity contribution in [2.45, 2.75) is 6.17 Å². The molecule has 0 saturated carbocycles. The molecule has 1 fully saturated rings. The Morgan fingerprint density at radius 1 is 1.50 bits per heavy atom. The number of hydrogen-bond donors (Lipinski definition) is 1. The van der Waals surface area contributed by atoms with Crippen LogP contribution in [0, 0.1) is 6.20 Å². The van der Waals surface area contributed by atoms with Gasteiger partial charge in [0.25, 0.3) is 0 Å². The smallest absolute Gasteiger partial charge is 0.137 e. The summed E-state index contributed by atoms with van der Waals surface area (Å²) >= 11 is 0.